The number of esters is 1. The molecule has 1 aliphatic heterocycles. The largest absolute Gasteiger partial charge is 0.459 e. The van der Waals surface area contributed by atoms with Gasteiger partial charge in [-0.15, -0.1) is 0 Å². The van der Waals surface area contributed by atoms with Gasteiger partial charge in [0, 0.05) is 24.0 Å². The van der Waals surface area contributed by atoms with Crippen LogP contribution < -0.4 is 0 Å². The standard InChI is InChI=1S/C27H36BrN2O6P/c1-5-35-37(33,36-6-2)19-29(16-20(3)4)27(32)30-17-23-14-24(28)13-12-22(23)15-25(30)26(31)34-18-21-10-8-7-9-11-21/h7-14,20,25H,5-6,15-19H2,1-4H3. The fraction of sp³-hybridized carbons (Fsp3) is 0.481. The summed E-state index contributed by atoms with van der Waals surface area (Å²) in [5.41, 5.74) is 2.79. The molecule has 2 aromatic carbocycles. The predicted molar refractivity (Wildman–Crippen MR) is 146 cm³/mol. The third kappa shape index (κ3) is 8.14. The number of carbonyl (C=O) groups excluding carboxylic acids is 2. The molecule has 1 atom stereocenters. The summed E-state index contributed by atoms with van der Waals surface area (Å²) in [6.45, 7) is 8.47. The maximum Gasteiger partial charge on any atom is 0.349 e. The number of nitrogens with zero attached hydrogens (tertiary/aromatic N) is 2. The number of amides is 2. The van der Waals surface area contributed by atoms with Gasteiger partial charge in [-0.25, -0.2) is 9.59 Å². The Morgan fingerprint density at radius 1 is 1.08 bits per heavy atom. The first kappa shape index (κ1) is 29.4. The van der Waals surface area contributed by atoms with E-state index in [0.717, 1.165) is 21.2 Å². The number of urea groups is 1. The van der Waals surface area contributed by atoms with Crippen molar-refractivity contribution < 1.29 is 27.9 Å². The lowest BCUT2D eigenvalue weighted by molar-refractivity contribution is -0.151. The first-order valence-electron chi connectivity index (χ1n) is 12.6. The van der Waals surface area contributed by atoms with Gasteiger partial charge >= 0.3 is 19.6 Å². The van der Waals surface area contributed by atoms with E-state index in [1.165, 1.54) is 9.80 Å². The second-order valence-corrected chi connectivity index (χ2v) is 12.3. The van der Waals surface area contributed by atoms with E-state index in [9.17, 15) is 14.2 Å². The molecule has 202 valence electrons. The van der Waals surface area contributed by atoms with Crippen molar-refractivity contribution in [1.82, 2.24) is 9.80 Å². The summed E-state index contributed by atoms with van der Waals surface area (Å²) in [6, 6.07) is 14.0. The van der Waals surface area contributed by atoms with E-state index in [1.807, 2.05) is 62.4 Å². The van der Waals surface area contributed by atoms with Crippen LogP contribution in [0.25, 0.3) is 0 Å². The molecule has 0 radical (unpaired) electrons. The van der Waals surface area contributed by atoms with Gasteiger partial charge in [-0.05, 0) is 48.6 Å². The average molecular weight is 595 g/mol. The van der Waals surface area contributed by atoms with Crippen molar-refractivity contribution in [3.63, 3.8) is 0 Å². The van der Waals surface area contributed by atoms with E-state index in [1.54, 1.807) is 13.8 Å². The monoisotopic (exact) mass is 594 g/mol. The Labute approximate surface area is 227 Å². The SMILES string of the molecule is CCOP(=O)(CN(CC(C)C)C(=O)N1Cc2cc(Br)ccc2CC1C(=O)OCc1ccccc1)OCC. The zero-order valence-electron chi connectivity index (χ0n) is 21.9. The first-order valence-corrected chi connectivity index (χ1v) is 15.1. The summed E-state index contributed by atoms with van der Waals surface area (Å²) in [6.07, 6.45) is 0.130. The molecule has 0 bridgehead atoms. The Kier molecular flexibility index (Phi) is 10.8. The number of benzene rings is 2. The lowest BCUT2D eigenvalue weighted by atomic mass is 9.94. The maximum atomic E-state index is 14.0. The molecule has 37 heavy (non-hydrogen) atoms. The van der Waals surface area contributed by atoms with Crippen molar-refractivity contribution in [1.29, 1.82) is 0 Å². The summed E-state index contributed by atoms with van der Waals surface area (Å²) in [7, 11) is -3.55. The molecule has 3 rings (SSSR count). The van der Waals surface area contributed by atoms with Crippen LogP contribution in [-0.2, 0) is 42.7 Å². The maximum absolute atomic E-state index is 14.0. The lowest BCUT2D eigenvalue weighted by Crippen LogP contribution is -2.54. The Hall–Kier alpha value is -2.19. The van der Waals surface area contributed by atoms with Crippen molar-refractivity contribution in [3.8, 4) is 0 Å². The van der Waals surface area contributed by atoms with Crippen LogP contribution in [0.1, 0.15) is 44.4 Å². The Balaban J connectivity index is 1.90. The molecule has 0 spiro atoms. The van der Waals surface area contributed by atoms with E-state index in [4.69, 9.17) is 13.8 Å². The molecular weight excluding hydrogens is 559 g/mol. The summed E-state index contributed by atoms with van der Waals surface area (Å²) >= 11 is 3.50. The van der Waals surface area contributed by atoms with Crippen molar-refractivity contribution in [2.75, 3.05) is 26.0 Å². The van der Waals surface area contributed by atoms with E-state index in [2.05, 4.69) is 15.9 Å². The van der Waals surface area contributed by atoms with Crippen LogP contribution in [0.3, 0.4) is 0 Å². The molecule has 2 amide bonds. The highest BCUT2D eigenvalue weighted by Gasteiger charge is 2.40. The minimum absolute atomic E-state index is 0.0929. The third-order valence-corrected chi connectivity index (χ3v) is 8.38. The van der Waals surface area contributed by atoms with Crippen LogP contribution in [-0.4, -0.2) is 53.9 Å². The van der Waals surface area contributed by atoms with E-state index in [0.29, 0.717) is 13.0 Å². The van der Waals surface area contributed by atoms with Gasteiger partial charge < -0.3 is 23.6 Å². The Bertz CT molecular complexity index is 1100. The van der Waals surface area contributed by atoms with Crippen LogP contribution in [0, 0.1) is 5.92 Å². The van der Waals surface area contributed by atoms with E-state index in [-0.39, 0.29) is 38.6 Å². The van der Waals surface area contributed by atoms with Crippen LogP contribution in [0.4, 0.5) is 4.79 Å². The molecule has 0 saturated carbocycles. The first-order chi connectivity index (χ1) is 17.7. The molecule has 2 aromatic rings. The number of ether oxygens (including phenoxy) is 1. The minimum Gasteiger partial charge on any atom is -0.459 e. The zero-order valence-corrected chi connectivity index (χ0v) is 24.4. The third-order valence-electron chi connectivity index (χ3n) is 5.89. The van der Waals surface area contributed by atoms with Gasteiger partial charge in [0.05, 0.1) is 13.2 Å². The minimum atomic E-state index is -3.55. The topological polar surface area (TPSA) is 85.4 Å². The van der Waals surface area contributed by atoms with Crippen LogP contribution in [0.5, 0.6) is 0 Å². The van der Waals surface area contributed by atoms with Crippen molar-refractivity contribution in [2.24, 2.45) is 5.92 Å². The van der Waals surface area contributed by atoms with Crippen LogP contribution in [0.15, 0.2) is 53.0 Å². The summed E-state index contributed by atoms with van der Waals surface area (Å²) < 4.78 is 30.9. The normalized spacial score (nSPS) is 15.4. The molecule has 0 aliphatic carbocycles. The number of carbonyl (C=O) groups is 2. The number of halogens is 1. The lowest BCUT2D eigenvalue weighted by Gasteiger charge is -2.39. The molecule has 8 nitrogen and oxygen atoms in total. The van der Waals surface area contributed by atoms with Crippen molar-refractivity contribution >= 4 is 35.5 Å². The number of hydrogen-bond acceptors (Lipinski definition) is 6. The highest BCUT2D eigenvalue weighted by atomic mass is 79.9. The second kappa shape index (κ2) is 13.6. The summed E-state index contributed by atoms with van der Waals surface area (Å²) in [5, 5.41) is 0. The van der Waals surface area contributed by atoms with Gasteiger partial charge in [0.25, 0.3) is 0 Å². The number of hydrogen-bond donors (Lipinski definition) is 0. The van der Waals surface area contributed by atoms with Gasteiger partial charge in [0.2, 0.25) is 0 Å². The molecule has 0 saturated heterocycles. The molecule has 10 heteroatoms. The molecular formula is C27H36BrN2O6P. The van der Waals surface area contributed by atoms with Gasteiger partial charge in [-0.3, -0.25) is 4.57 Å². The highest BCUT2D eigenvalue weighted by Crippen LogP contribution is 2.49. The second-order valence-electron chi connectivity index (χ2n) is 9.34. The fourth-order valence-corrected chi connectivity index (χ4v) is 6.42. The Morgan fingerprint density at radius 3 is 2.38 bits per heavy atom. The highest BCUT2D eigenvalue weighted by molar-refractivity contribution is 9.10. The van der Waals surface area contributed by atoms with Crippen LogP contribution in [0.2, 0.25) is 0 Å². The van der Waals surface area contributed by atoms with Crippen molar-refractivity contribution in [3.05, 3.63) is 69.7 Å². The smallest absolute Gasteiger partial charge is 0.349 e. The Morgan fingerprint density at radius 2 is 1.76 bits per heavy atom. The quantitative estimate of drug-likeness (QED) is 0.227. The molecule has 1 aliphatic rings. The summed E-state index contributed by atoms with van der Waals surface area (Å²) in [5.74, 6) is -0.386. The molecule has 1 unspecified atom stereocenters. The van der Waals surface area contributed by atoms with Crippen molar-refractivity contribution in [2.45, 2.75) is 53.3 Å². The fourth-order valence-electron chi connectivity index (χ4n) is 4.33. The zero-order chi connectivity index (χ0) is 27.0. The van der Waals surface area contributed by atoms with Crippen LogP contribution >= 0.6 is 23.5 Å². The van der Waals surface area contributed by atoms with E-state index >= 15 is 0 Å². The molecule has 0 N–H and O–H groups in total. The van der Waals surface area contributed by atoms with Gasteiger partial charge in [0.15, 0.2) is 0 Å². The molecule has 1 heterocycles. The number of rotatable bonds is 11. The summed E-state index contributed by atoms with van der Waals surface area (Å²) in [4.78, 5) is 30.4. The molecule has 0 aromatic heterocycles. The van der Waals surface area contributed by atoms with Gasteiger partial charge in [0.1, 0.15) is 18.9 Å². The van der Waals surface area contributed by atoms with Gasteiger partial charge in [-0.2, -0.15) is 0 Å². The van der Waals surface area contributed by atoms with Gasteiger partial charge in [-0.1, -0.05) is 66.2 Å². The van der Waals surface area contributed by atoms with E-state index < -0.39 is 25.6 Å². The average Bonchev–Trinajstić information content (AvgIpc) is 2.86. The molecule has 0 fully saturated rings. The predicted octanol–water partition coefficient (Wildman–Crippen LogP) is 6.22. The number of fused-ring (bicyclic) bond motifs is 1.